The molecule has 0 amide bonds. The van der Waals surface area contributed by atoms with Gasteiger partial charge in [-0.15, -0.1) is 0 Å². The first-order valence-electron chi connectivity index (χ1n) is 7.85. The van der Waals surface area contributed by atoms with E-state index in [4.69, 9.17) is 4.84 Å². The summed E-state index contributed by atoms with van der Waals surface area (Å²) in [5.41, 5.74) is 1.46. The molecular formula is C21H14BrNO3. The van der Waals surface area contributed by atoms with Crippen LogP contribution in [0.15, 0.2) is 94.6 Å². The molecule has 3 rings (SSSR count). The van der Waals surface area contributed by atoms with Crippen molar-refractivity contribution in [2.24, 2.45) is 5.16 Å². The van der Waals surface area contributed by atoms with E-state index in [1.165, 1.54) is 0 Å². The molecule has 3 aromatic carbocycles. The summed E-state index contributed by atoms with van der Waals surface area (Å²) in [6.45, 7) is 0. The van der Waals surface area contributed by atoms with Crippen LogP contribution in [0.5, 0.6) is 0 Å². The monoisotopic (exact) mass is 407 g/mol. The van der Waals surface area contributed by atoms with Gasteiger partial charge in [-0.1, -0.05) is 81.7 Å². The lowest BCUT2D eigenvalue weighted by atomic mass is 10.0. The van der Waals surface area contributed by atoms with Gasteiger partial charge in [-0.2, -0.15) is 0 Å². The van der Waals surface area contributed by atoms with Gasteiger partial charge in [-0.3, -0.25) is 4.79 Å². The highest BCUT2D eigenvalue weighted by Crippen LogP contribution is 2.13. The second-order valence-corrected chi connectivity index (χ2v) is 6.30. The van der Waals surface area contributed by atoms with Gasteiger partial charge in [0.15, 0.2) is 5.71 Å². The third kappa shape index (κ3) is 4.32. The van der Waals surface area contributed by atoms with Crippen LogP contribution in [-0.2, 0) is 4.84 Å². The number of halogens is 1. The molecule has 26 heavy (non-hydrogen) atoms. The molecule has 0 aliphatic carbocycles. The van der Waals surface area contributed by atoms with E-state index in [0.717, 1.165) is 4.47 Å². The van der Waals surface area contributed by atoms with E-state index in [-0.39, 0.29) is 11.5 Å². The van der Waals surface area contributed by atoms with Gasteiger partial charge in [-0.05, 0) is 24.3 Å². The molecule has 0 heterocycles. The van der Waals surface area contributed by atoms with Crippen LogP contribution >= 0.6 is 15.9 Å². The predicted octanol–water partition coefficient (Wildman–Crippen LogP) is 4.89. The van der Waals surface area contributed by atoms with Crippen LogP contribution < -0.4 is 0 Å². The molecule has 0 bridgehead atoms. The fourth-order valence-corrected chi connectivity index (χ4v) is 2.54. The summed E-state index contributed by atoms with van der Waals surface area (Å²) in [4.78, 5) is 30.0. The fraction of sp³-hybridized carbons (Fsp3) is 0. The maximum Gasteiger partial charge on any atom is 0.365 e. The molecule has 0 aliphatic rings. The standard InChI is InChI=1S/C21H14BrNO3/c22-18-13-11-17(12-14-18)21(25)26-23-19(15-7-3-1-4-8-15)20(24)16-9-5-2-6-10-16/h1-14H/b23-19-. The number of rotatable bonds is 5. The molecule has 5 heteroatoms. The number of hydrogen-bond donors (Lipinski definition) is 0. The highest BCUT2D eigenvalue weighted by molar-refractivity contribution is 9.10. The summed E-state index contributed by atoms with van der Waals surface area (Å²) in [6, 6.07) is 24.3. The smallest absolute Gasteiger partial charge is 0.312 e. The Bertz CT molecular complexity index is 936. The Morgan fingerprint density at radius 3 is 1.81 bits per heavy atom. The Balaban J connectivity index is 1.90. The predicted molar refractivity (Wildman–Crippen MR) is 103 cm³/mol. The molecule has 0 saturated heterocycles. The highest BCUT2D eigenvalue weighted by Gasteiger charge is 2.18. The summed E-state index contributed by atoms with van der Waals surface area (Å²) < 4.78 is 0.849. The van der Waals surface area contributed by atoms with E-state index in [2.05, 4.69) is 21.1 Å². The zero-order valence-corrected chi connectivity index (χ0v) is 15.2. The summed E-state index contributed by atoms with van der Waals surface area (Å²) in [6.07, 6.45) is 0. The van der Waals surface area contributed by atoms with Gasteiger partial charge in [0, 0.05) is 15.6 Å². The van der Waals surface area contributed by atoms with Gasteiger partial charge in [0.05, 0.1) is 5.56 Å². The van der Waals surface area contributed by atoms with Crippen molar-refractivity contribution in [2.45, 2.75) is 0 Å². The molecule has 0 radical (unpaired) electrons. The van der Waals surface area contributed by atoms with E-state index >= 15 is 0 Å². The van der Waals surface area contributed by atoms with Crippen LogP contribution in [0.25, 0.3) is 0 Å². The Kier molecular flexibility index (Phi) is 5.71. The van der Waals surface area contributed by atoms with Gasteiger partial charge in [0.2, 0.25) is 5.78 Å². The first-order chi connectivity index (χ1) is 12.6. The molecule has 0 spiro atoms. The Labute approximate surface area is 159 Å². The number of carbonyl (C=O) groups is 2. The van der Waals surface area contributed by atoms with Crippen LogP contribution in [0.4, 0.5) is 0 Å². The van der Waals surface area contributed by atoms with Crippen molar-refractivity contribution in [3.8, 4) is 0 Å². The summed E-state index contributed by atoms with van der Waals surface area (Å²) in [5, 5.41) is 3.87. The van der Waals surface area contributed by atoms with Crippen LogP contribution in [0, 0.1) is 0 Å². The van der Waals surface area contributed by atoms with Crippen molar-refractivity contribution in [2.75, 3.05) is 0 Å². The minimum Gasteiger partial charge on any atom is -0.312 e. The first-order valence-corrected chi connectivity index (χ1v) is 8.64. The van der Waals surface area contributed by atoms with Crippen LogP contribution in [0.3, 0.4) is 0 Å². The minimum absolute atomic E-state index is 0.0715. The number of nitrogens with zero attached hydrogens (tertiary/aromatic N) is 1. The molecule has 0 aliphatic heterocycles. The normalized spacial score (nSPS) is 11.0. The number of carbonyl (C=O) groups excluding carboxylic acids is 2. The van der Waals surface area contributed by atoms with E-state index < -0.39 is 5.97 Å². The molecular weight excluding hydrogens is 394 g/mol. The quantitative estimate of drug-likeness (QED) is 0.261. The lowest BCUT2D eigenvalue weighted by Crippen LogP contribution is -2.17. The minimum atomic E-state index is -0.633. The lowest BCUT2D eigenvalue weighted by Gasteiger charge is -2.06. The number of oxime groups is 1. The third-order valence-electron chi connectivity index (χ3n) is 3.60. The Morgan fingerprint density at radius 1 is 0.692 bits per heavy atom. The number of ketones is 1. The van der Waals surface area contributed by atoms with Gasteiger partial charge < -0.3 is 4.84 Å². The van der Waals surface area contributed by atoms with E-state index in [0.29, 0.717) is 16.7 Å². The maximum atomic E-state index is 12.8. The zero-order chi connectivity index (χ0) is 18.4. The van der Waals surface area contributed by atoms with Crippen molar-refractivity contribution in [3.63, 3.8) is 0 Å². The third-order valence-corrected chi connectivity index (χ3v) is 4.13. The Morgan fingerprint density at radius 2 is 1.23 bits per heavy atom. The SMILES string of the molecule is O=C(O/N=C(\C(=O)c1ccccc1)c1ccccc1)c1ccc(Br)cc1. The largest absolute Gasteiger partial charge is 0.365 e. The van der Waals surface area contributed by atoms with Crippen LogP contribution in [-0.4, -0.2) is 17.5 Å². The highest BCUT2D eigenvalue weighted by atomic mass is 79.9. The van der Waals surface area contributed by atoms with Crippen molar-refractivity contribution in [1.82, 2.24) is 0 Å². The van der Waals surface area contributed by atoms with Gasteiger partial charge in [-0.25, -0.2) is 4.79 Å². The van der Waals surface area contributed by atoms with Gasteiger partial charge in [0.1, 0.15) is 0 Å². The van der Waals surface area contributed by atoms with Crippen LogP contribution in [0.2, 0.25) is 0 Å². The Hall–Kier alpha value is -3.05. The van der Waals surface area contributed by atoms with E-state index in [1.807, 2.05) is 12.1 Å². The number of benzene rings is 3. The van der Waals surface area contributed by atoms with E-state index in [9.17, 15) is 9.59 Å². The molecule has 0 fully saturated rings. The van der Waals surface area contributed by atoms with Crippen molar-refractivity contribution < 1.29 is 14.4 Å². The maximum absolute atomic E-state index is 12.8. The molecule has 0 atom stereocenters. The summed E-state index contributed by atoms with van der Waals surface area (Å²) in [5.74, 6) is -0.952. The summed E-state index contributed by atoms with van der Waals surface area (Å²) in [7, 11) is 0. The average Bonchev–Trinajstić information content (AvgIpc) is 2.70. The lowest BCUT2D eigenvalue weighted by molar-refractivity contribution is 0.0516. The zero-order valence-electron chi connectivity index (χ0n) is 13.6. The van der Waals surface area contributed by atoms with Crippen molar-refractivity contribution in [3.05, 3.63) is 106 Å². The van der Waals surface area contributed by atoms with Gasteiger partial charge in [0.25, 0.3) is 0 Å². The van der Waals surface area contributed by atoms with E-state index in [1.54, 1.807) is 72.8 Å². The van der Waals surface area contributed by atoms with Crippen LogP contribution in [0.1, 0.15) is 26.3 Å². The van der Waals surface area contributed by atoms with Gasteiger partial charge >= 0.3 is 5.97 Å². The van der Waals surface area contributed by atoms with Crippen molar-refractivity contribution >= 4 is 33.4 Å². The average molecular weight is 408 g/mol. The molecule has 0 N–H and O–H groups in total. The summed E-state index contributed by atoms with van der Waals surface area (Å²) >= 11 is 3.31. The second kappa shape index (κ2) is 8.36. The topological polar surface area (TPSA) is 55.7 Å². The molecule has 0 aromatic heterocycles. The molecule has 0 unspecified atom stereocenters. The van der Waals surface area contributed by atoms with Crippen molar-refractivity contribution in [1.29, 1.82) is 0 Å². The molecule has 4 nitrogen and oxygen atoms in total. The molecule has 0 saturated carbocycles. The molecule has 128 valence electrons. The number of hydrogen-bond acceptors (Lipinski definition) is 4. The first kappa shape index (κ1) is 17.8. The fourth-order valence-electron chi connectivity index (χ4n) is 2.27. The second-order valence-electron chi connectivity index (χ2n) is 5.39. The molecule has 3 aromatic rings. The number of Topliss-reactive ketones (excluding diaryl/α,β-unsaturated/α-hetero) is 1.